The molecule has 23 heavy (non-hydrogen) atoms. The molecule has 130 valence electrons. The van der Waals surface area contributed by atoms with Gasteiger partial charge in [-0.25, -0.2) is 0 Å². The molecule has 4 aliphatic rings. The number of fused-ring (bicyclic) bond motifs is 5. The molecule has 0 amide bonds. The van der Waals surface area contributed by atoms with Gasteiger partial charge in [-0.1, -0.05) is 20.8 Å². The molecule has 0 bridgehead atoms. The third kappa shape index (κ3) is 1.94. The van der Waals surface area contributed by atoms with Gasteiger partial charge in [0.05, 0.1) is 5.60 Å². The van der Waals surface area contributed by atoms with Gasteiger partial charge in [-0.3, -0.25) is 4.79 Å². The van der Waals surface area contributed by atoms with Crippen molar-refractivity contribution in [2.24, 2.45) is 40.4 Å². The summed E-state index contributed by atoms with van der Waals surface area (Å²) in [7, 11) is 0. The van der Waals surface area contributed by atoms with E-state index in [9.17, 15) is 9.90 Å². The smallest absolute Gasteiger partial charge is 0.133 e. The van der Waals surface area contributed by atoms with Crippen molar-refractivity contribution in [3.8, 4) is 0 Å². The number of ketones is 1. The van der Waals surface area contributed by atoms with Crippen LogP contribution in [0.1, 0.15) is 79.1 Å². The average molecular weight is 319 g/mol. The van der Waals surface area contributed by atoms with Crippen molar-refractivity contribution in [2.75, 3.05) is 0 Å². The Kier molecular flexibility index (Phi) is 3.39. The van der Waals surface area contributed by atoms with Crippen LogP contribution in [0.15, 0.2) is 0 Å². The van der Waals surface area contributed by atoms with Crippen molar-refractivity contribution in [3.05, 3.63) is 0 Å². The minimum atomic E-state index is -0.478. The molecule has 1 N–H and O–H groups in total. The molecule has 0 aromatic rings. The molecule has 4 aliphatic carbocycles. The van der Waals surface area contributed by atoms with E-state index in [2.05, 4.69) is 27.7 Å². The Bertz CT molecular complexity index is 524. The molecule has 0 aliphatic heterocycles. The number of Topliss-reactive ketones (excluding diaryl/α,β-unsaturated/α-hetero) is 1. The van der Waals surface area contributed by atoms with E-state index in [-0.39, 0.29) is 5.41 Å². The summed E-state index contributed by atoms with van der Waals surface area (Å²) in [5.41, 5.74) is -0.00771. The molecule has 4 rings (SSSR count). The highest BCUT2D eigenvalue weighted by molar-refractivity contribution is 5.80. The van der Waals surface area contributed by atoms with Gasteiger partial charge in [0.15, 0.2) is 0 Å². The lowest BCUT2D eigenvalue weighted by Gasteiger charge is -2.62. The van der Waals surface area contributed by atoms with Crippen LogP contribution in [0.3, 0.4) is 0 Å². The first kappa shape index (κ1) is 16.1. The first-order chi connectivity index (χ1) is 10.7. The fraction of sp³-hybridized carbons (Fsp3) is 0.952. The van der Waals surface area contributed by atoms with Gasteiger partial charge in [-0.15, -0.1) is 0 Å². The van der Waals surface area contributed by atoms with E-state index in [1.807, 2.05) is 0 Å². The summed E-state index contributed by atoms with van der Waals surface area (Å²) in [4.78, 5) is 12.1. The fourth-order valence-corrected chi connectivity index (χ4v) is 7.72. The predicted molar refractivity (Wildman–Crippen MR) is 91.9 cm³/mol. The van der Waals surface area contributed by atoms with E-state index >= 15 is 0 Å². The van der Waals surface area contributed by atoms with Crippen LogP contribution in [0.2, 0.25) is 0 Å². The molecule has 2 nitrogen and oxygen atoms in total. The summed E-state index contributed by atoms with van der Waals surface area (Å²) in [6.45, 7) is 9.30. The third-order valence-electron chi connectivity index (χ3n) is 9.60. The second-order valence-corrected chi connectivity index (χ2v) is 10.1. The zero-order valence-electron chi connectivity index (χ0n) is 15.4. The Balaban J connectivity index is 1.68. The van der Waals surface area contributed by atoms with Gasteiger partial charge in [0.1, 0.15) is 5.78 Å². The highest BCUT2D eigenvalue weighted by Gasteiger charge is 2.64. The molecule has 4 unspecified atom stereocenters. The Morgan fingerprint density at radius 3 is 2.39 bits per heavy atom. The lowest BCUT2D eigenvalue weighted by molar-refractivity contribution is -0.165. The van der Waals surface area contributed by atoms with E-state index < -0.39 is 5.60 Å². The minimum Gasteiger partial charge on any atom is -0.390 e. The Hall–Kier alpha value is -0.370. The van der Waals surface area contributed by atoms with Crippen LogP contribution < -0.4 is 0 Å². The fourth-order valence-electron chi connectivity index (χ4n) is 7.72. The molecule has 4 saturated carbocycles. The maximum Gasteiger partial charge on any atom is 0.133 e. The van der Waals surface area contributed by atoms with Gasteiger partial charge in [0.2, 0.25) is 0 Å². The van der Waals surface area contributed by atoms with Crippen molar-refractivity contribution in [3.63, 3.8) is 0 Å². The maximum absolute atomic E-state index is 12.1. The van der Waals surface area contributed by atoms with Gasteiger partial charge in [-0.05, 0) is 85.9 Å². The molecule has 0 saturated heterocycles. The third-order valence-corrected chi connectivity index (χ3v) is 9.60. The van der Waals surface area contributed by atoms with Crippen LogP contribution in [-0.2, 0) is 4.79 Å². The number of rotatable bonds is 0. The van der Waals surface area contributed by atoms with Crippen LogP contribution in [0.25, 0.3) is 0 Å². The SMILES string of the molecule is C[C@@H]1CC(=O)CC2CCC3C(CC[C@@]4(C)C3CC[C@@]4(C)O)[C@]21C. The molecule has 4 fully saturated rings. The molecule has 8 atom stereocenters. The molecule has 0 aromatic heterocycles. The van der Waals surface area contributed by atoms with E-state index in [4.69, 9.17) is 0 Å². The van der Waals surface area contributed by atoms with E-state index in [0.717, 1.165) is 31.1 Å². The summed E-state index contributed by atoms with van der Waals surface area (Å²) < 4.78 is 0. The number of hydrogen-bond acceptors (Lipinski definition) is 2. The van der Waals surface area contributed by atoms with Gasteiger partial charge in [0.25, 0.3) is 0 Å². The minimum absolute atomic E-state index is 0.116. The first-order valence-electron chi connectivity index (χ1n) is 9.94. The van der Waals surface area contributed by atoms with Crippen molar-refractivity contribution in [1.29, 1.82) is 0 Å². The van der Waals surface area contributed by atoms with Gasteiger partial charge in [-0.2, -0.15) is 0 Å². The van der Waals surface area contributed by atoms with Crippen LogP contribution >= 0.6 is 0 Å². The highest BCUT2D eigenvalue weighted by Crippen LogP contribution is 2.68. The number of carbonyl (C=O) groups excluding carboxylic acids is 1. The quantitative estimate of drug-likeness (QED) is 0.709. The second kappa shape index (κ2) is 4.84. The van der Waals surface area contributed by atoms with Gasteiger partial charge in [0, 0.05) is 12.8 Å². The van der Waals surface area contributed by atoms with Crippen molar-refractivity contribution < 1.29 is 9.90 Å². The van der Waals surface area contributed by atoms with Crippen molar-refractivity contribution in [1.82, 2.24) is 0 Å². The Morgan fingerprint density at radius 2 is 1.65 bits per heavy atom. The molecule has 0 spiro atoms. The van der Waals surface area contributed by atoms with Crippen LogP contribution in [-0.4, -0.2) is 16.5 Å². The summed E-state index contributed by atoms with van der Waals surface area (Å²) in [6.07, 6.45) is 8.79. The zero-order chi connectivity index (χ0) is 16.6. The lowest BCUT2D eigenvalue weighted by Crippen LogP contribution is -2.58. The summed E-state index contributed by atoms with van der Waals surface area (Å²) in [5, 5.41) is 11.0. The standard InChI is InChI=1S/C21H34O2/c1-13-11-15(22)12-14-5-6-16-17-8-10-20(3,23)19(17,2)9-7-18(16)21(13,14)4/h13-14,16-18,23H,5-12H2,1-4H3/t13-,14?,16?,17?,18?,19+,20-,21+/m1/s1. The monoisotopic (exact) mass is 318 g/mol. The molecular weight excluding hydrogens is 284 g/mol. The van der Waals surface area contributed by atoms with E-state index in [0.29, 0.717) is 29.0 Å². The molecule has 0 aromatic carbocycles. The first-order valence-corrected chi connectivity index (χ1v) is 9.94. The van der Waals surface area contributed by atoms with Crippen molar-refractivity contribution >= 4 is 5.78 Å². The summed E-state index contributed by atoms with van der Waals surface area (Å²) >= 11 is 0. The summed E-state index contributed by atoms with van der Waals surface area (Å²) in [6, 6.07) is 0. The summed E-state index contributed by atoms with van der Waals surface area (Å²) in [5.74, 6) is 3.90. The second-order valence-electron chi connectivity index (χ2n) is 10.1. The number of hydrogen-bond donors (Lipinski definition) is 1. The average Bonchev–Trinajstić information content (AvgIpc) is 2.71. The molecule has 2 heteroatoms. The highest BCUT2D eigenvalue weighted by atomic mass is 16.3. The molecular formula is C21H34O2. The van der Waals surface area contributed by atoms with E-state index in [1.165, 1.54) is 32.1 Å². The normalized spacial score (nSPS) is 59.2. The van der Waals surface area contributed by atoms with Crippen molar-refractivity contribution in [2.45, 2.75) is 84.7 Å². The predicted octanol–water partition coefficient (Wildman–Crippen LogP) is 4.60. The number of aliphatic hydroxyl groups is 1. The van der Waals surface area contributed by atoms with Crippen LogP contribution in [0.4, 0.5) is 0 Å². The molecule has 0 heterocycles. The Morgan fingerprint density at radius 1 is 0.957 bits per heavy atom. The van der Waals surface area contributed by atoms with Gasteiger partial charge < -0.3 is 5.11 Å². The maximum atomic E-state index is 12.1. The molecule has 0 radical (unpaired) electrons. The lowest BCUT2D eigenvalue weighted by atomic mass is 9.42. The topological polar surface area (TPSA) is 37.3 Å². The largest absolute Gasteiger partial charge is 0.390 e. The number of carbonyl (C=O) groups is 1. The van der Waals surface area contributed by atoms with Gasteiger partial charge >= 0.3 is 0 Å². The van der Waals surface area contributed by atoms with E-state index in [1.54, 1.807) is 0 Å². The van der Waals surface area contributed by atoms with Crippen LogP contribution in [0.5, 0.6) is 0 Å². The zero-order valence-corrected chi connectivity index (χ0v) is 15.4. The Labute approximate surface area is 141 Å². The van der Waals surface area contributed by atoms with Crippen LogP contribution in [0, 0.1) is 40.4 Å².